The molecule has 0 spiro atoms. The molecule has 1 aromatic carbocycles. The Morgan fingerprint density at radius 3 is 2.50 bits per heavy atom. The van der Waals surface area contributed by atoms with E-state index in [0.29, 0.717) is 6.16 Å². The van der Waals surface area contributed by atoms with Gasteiger partial charge in [0.15, 0.2) is 5.62 Å². The standard InChI is InChI=1S/C8H10ClOPS/c1-2-11(9,12)10-8-6-4-3-5-7-8/h3-7H,2H2,1H3. The molecular formula is C8H10ClOPS. The Balaban J connectivity index is 2.71. The average molecular weight is 221 g/mol. The van der Waals surface area contributed by atoms with Crippen molar-refractivity contribution in [2.75, 3.05) is 6.16 Å². The fraction of sp³-hybridized carbons (Fsp3) is 0.250. The van der Waals surface area contributed by atoms with Crippen LogP contribution < -0.4 is 4.52 Å². The van der Waals surface area contributed by atoms with Crippen LogP contribution in [-0.2, 0) is 11.8 Å². The monoisotopic (exact) mass is 220 g/mol. The van der Waals surface area contributed by atoms with Gasteiger partial charge in [0.1, 0.15) is 5.75 Å². The van der Waals surface area contributed by atoms with Crippen molar-refractivity contribution in [1.29, 1.82) is 0 Å². The number of benzene rings is 1. The lowest BCUT2D eigenvalue weighted by atomic mass is 10.3. The Bertz CT molecular complexity index is 288. The molecule has 0 N–H and O–H groups in total. The molecule has 12 heavy (non-hydrogen) atoms. The molecule has 1 rings (SSSR count). The molecule has 4 heteroatoms. The Labute approximate surface area is 82.6 Å². The third-order valence-corrected chi connectivity index (χ3v) is 4.52. The highest BCUT2D eigenvalue weighted by molar-refractivity contribution is 8.24. The summed E-state index contributed by atoms with van der Waals surface area (Å²) in [5, 5.41) is 0. The topological polar surface area (TPSA) is 9.23 Å². The van der Waals surface area contributed by atoms with Crippen molar-refractivity contribution in [3.63, 3.8) is 0 Å². The van der Waals surface area contributed by atoms with Gasteiger partial charge in [-0.3, -0.25) is 0 Å². The molecule has 0 radical (unpaired) electrons. The van der Waals surface area contributed by atoms with E-state index in [0.717, 1.165) is 5.75 Å². The van der Waals surface area contributed by atoms with Crippen LogP contribution in [0.4, 0.5) is 0 Å². The molecule has 0 fully saturated rings. The van der Waals surface area contributed by atoms with Crippen molar-refractivity contribution in [2.45, 2.75) is 6.92 Å². The zero-order chi connectivity index (χ0) is 9.03. The van der Waals surface area contributed by atoms with Crippen molar-refractivity contribution in [3.8, 4) is 5.75 Å². The summed E-state index contributed by atoms with van der Waals surface area (Å²) in [6.07, 6.45) is 0.707. The smallest absolute Gasteiger partial charge is 0.199 e. The van der Waals surface area contributed by atoms with Gasteiger partial charge in [0, 0.05) is 6.16 Å². The first-order valence-electron chi connectivity index (χ1n) is 3.67. The van der Waals surface area contributed by atoms with Crippen molar-refractivity contribution in [1.82, 2.24) is 0 Å². The van der Waals surface area contributed by atoms with Gasteiger partial charge in [-0.25, -0.2) is 0 Å². The average Bonchev–Trinajstić information content (AvgIpc) is 2.06. The number of hydrogen-bond acceptors (Lipinski definition) is 2. The quantitative estimate of drug-likeness (QED) is 0.720. The molecule has 1 aromatic rings. The molecule has 0 saturated heterocycles. The second-order valence-corrected chi connectivity index (χ2v) is 8.32. The minimum absolute atomic E-state index is 0.707. The van der Waals surface area contributed by atoms with Gasteiger partial charge >= 0.3 is 0 Å². The van der Waals surface area contributed by atoms with Crippen LogP contribution in [0.25, 0.3) is 0 Å². The predicted molar refractivity (Wildman–Crippen MR) is 57.7 cm³/mol. The van der Waals surface area contributed by atoms with E-state index in [1.165, 1.54) is 0 Å². The number of hydrogen-bond donors (Lipinski definition) is 0. The molecule has 66 valence electrons. The lowest BCUT2D eigenvalue weighted by Gasteiger charge is -2.13. The van der Waals surface area contributed by atoms with Gasteiger partial charge < -0.3 is 4.52 Å². The van der Waals surface area contributed by atoms with Gasteiger partial charge in [0.2, 0.25) is 0 Å². The molecule has 1 nitrogen and oxygen atoms in total. The molecule has 0 bridgehead atoms. The Morgan fingerprint density at radius 2 is 2.00 bits per heavy atom. The Kier molecular flexibility index (Phi) is 3.57. The van der Waals surface area contributed by atoms with Crippen LogP contribution in [0.2, 0.25) is 0 Å². The number of halogens is 1. The lowest BCUT2D eigenvalue weighted by Crippen LogP contribution is -1.87. The predicted octanol–water partition coefficient (Wildman–Crippen LogP) is 3.63. The van der Waals surface area contributed by atoms with Crippen molar-refractivity contribution < 1.29 is 4.52 Å². The highest BCUT2D eigenvalue weighted by Gasteiger charge is 2.11. The van der Waals surface area contributed by atoms with E-state index in [1.807, 2.05) is 37.3 Å². The highest BCUT2D eigenvalue weighted by atomic mass is 35.7. The summed E-state index contributed by atoms with van der Waals surface area (Å²) >= 11 is 11.0. The number of para-hydroxylation sites is 1. The van der Waals surface area contributed by atoms with E-state index < -0.39 is 5.62 Å². The van der Waals surface area contributed by atoms with Gasteiger partial charge in [-0.15, -0.1) is 0 Å². The van der Waals surface area contributed by atoms with Crippen LogP contribution in [-0.4, -0.2) is 6.16 Å². The maximum absolute atomic E-state index is 5.96. The van der Waals surface area contributed by atoms with E-state index in [4.69, 9.17) is 27.6 Å². The molecule has 0 aliphatic carbocycles. The SMILES string of the molecule is CCP(=S)(Cl)Oc1ccccc1. The Morgan fingerprint density at radius 1 is 1.42 bits per heavy atom. The van der Waals surface area contributed by atoms with Crippen LogP contribution in [0.1, 0.15) is 6.92 Å². The van der Waals surface area contributed by atoms with Crippen LogP contribution in [0, 0.1) is 0 Å². The van der Waals surface area contributed by atoms with Crippen molar-refractivity contribution in [3.05, 3.63) is 30.3 Å². The normalized spacial score (nSPS) is 15.2. The van der Waals surface area contributed by atoms with Gasteiger partial charge in [-0.1, -0.05) is 25.1 Å². The molecule has 0 aromatic heterocycles. The minimum Gasteiger partial charge on any atom is -0.453 e. The van der Waals surface area contributed by atoms with Crippen molar-refractivity contribution >= 4 is 28.7 Å². The molecule has 1 unspecified atom stereocenters. The summed E-state index contributed by atoms with van der Waals surface area (Å²) in [5.41, 5.74) is -2.09. The lowest BCUT2D eigenvalue weighted by molar-refractivity contribution is 0.624. The molecule has 0 saturated carbocycles. The van der Waals surface area contributed by atoms with Gasteiger partial charge in [0.25, 0.3) is 0 Å². The second-order valence-electron chi connectivity index (χ2n) is 2.31. The summed E-state index contributed by atoms with van der Waals surface area (Å²) in [4.78, 5) is 0. The first-order chi connectivity index (χ1) is 5.64. The summed E-state index contributed by atoms with van der Waals surface area (Å²) in [6.45, 7) is 1.94. The minimum atomic E-state index is -2.09. The molecule has 1 atom stereocenters. The maximum Gasteiger partial charge on any atom is 0.199 e. The van der Waals surface area contributed by atoms with Crippen molar-refractivity contribution in [2.24, 2.45) is 0 Å². The number of rotatable bonds is 3. The largest absolute Gasteiger partial charge is 0.453 e. The fourth-order valence-corrected chi connectivity index (χ4v) is 1.77. The van der Waals surface area contributed by atoms with E-state index in [-0.39, 0.29) is 0 Å². The maximum atomic E-state index is 5.96. The van der Waals surface area contributed by atoms with Crippen LogP contribution in [0.15, 0.2) is 30.3 Å². The van der Waals surface area contributed by atoms with Crippen LogP contribution in [0.5, 0.6) is 5.75 Å². The molecule has 0 amide bonds. The molecular weight excluding hydrogens is 211 g/mol. The third-order valence-electron chi connectivity index (χ3n) is 1.36. The van der Waals surface area contributed by atoms with E-state index in [2.05, 4.69) is 0 Å². The highest BCUT2D eigenvalue weighted by Crippen LogP contribution is 2.51. The first-order valence-corrected chi connectivity index (χ1v) is 7.48. The molecule has 0 aliphatic rings. The first kappa shape index (κ1) is 10.0. The summed E-state index contributed by atoms with van der Waals surface area (Å²) in [7, 11) is 0. The van der Waals surface area contributed by atoms with Gasteiger partial charge in [-0.2, -0.15) is 0 Å². The Hall–Kier alpha value is -0.0400. The van der Waals surface area contributed by atoms with Crippen LogP contribution in [0.3, 0.4) is 0 Å². The molecule has 0 heterocycles. The second kappa shape index (κ2) is 4.27. The van der Waals surface area contributed by atoms with E-state index >= 15 is 0 Å². The molecule has 0 aliphatic heterocycles. The summed E-state index contributed by atoms with van der Waals surface area (Å²) in [6, 6.07) is 9.45. The van der Waals surface area contributed by atoms with Gasteiger partial charge in [-0.05, 0) is 35.2 Å². The van der Waals surface area contributed by atoms with Crippen LogP contribution >= 0.6 is 16.9 Å². The summed E-state index contributed by atoms with van der Waals surface area (Å²) in [5.74, 6) is 0.762. The zero-order valence-corrected chi connectivity index (χ0v) is 9.20. The zero-order valence-electron chi connectivity index (χ0n) is 6.74. The van der Waals surface area contributed by atoms with E-state index in [1.54, 1.807) is 0 Å². The third kappa shape index (κ3) is 3.14. The van der Waals surface area contributed by atoms with Gasteiger partial charge in [0.05, 0.1) is 0 Å². The van der Waals surface area contributed by atoms with E-state index in [9.17, 15) is 0 Å². The summed E-state index contributed by atoms with van der Waals surface area (Å²) < 4.78 is 5.44. The fourth-order valence-electron chi connectivity index (χ4n) is 0.703.